The lowest BCUT2D eigenvalue weighted by molar-refractivity contribution is -0.167. The molecule has 2 N–H and O–H groups in total. The highest BCUT2D eigenvalue weighted by Gasteiger charge is 2.52. The summed E-state index contributed by atoms with van der Waals surface area (Å²) in [5.74, 6) is -0.328. The van der Waals surface area contributed by atoms with Gasteiger partial charge in [0.2, 0.25) is 11.8 Å². The zero-order chi connectivity index (χ0) is 21.3. The number of benzene rings is 1. The molecule has 2 aromatic heterocycles. The van der Waals surface area contributed by atoms with Crippen LogP contribution in [0.1, 0.15) is 47.7 Å². The van der Waals surface area contributed by atoms with Gasteiger partial charge in [-0.25, -0.2) is 4.98 Å². The first-order valence-corrected chi connectivity index (χ1v) is 9.98. The first-order chi connectivity index (χ1) is 14.5. The molecule has 30 heavy (non-hydrogen) atoms. The van der Waals surface area contributed by atoms with Crippen LogP contribution in [0.15, 0.2) is 59.4 Å². The monoisotopic (exact) mass is 404 g/mol. The number of aryl methyl sites for hydroxylation is 1. The van der Waals surface area contributed by atoms with E-state index in [-0.39, 0.29) is 30.1 Å². The van der Waals surface area contributed by atoms with Gasteiger partial charge in [0.05, 0.1) is 17.7 Å². The van der Waals surface area contributed by atoms with Gasteiger partial charge in [0.1, 0.15) is 12.1 Å². The lowest BCUT2D eigenvalue weighted by Crippen LogP contribution is -2.58. The summed E-state index contributed by atoms with van der Waals surface area (Å²) in [5.41, 5.74) is 9.21. The predicted octanol–water partition coefficient (Wildman–Crippen LogP) is 3.42. The fraction of sp³-hybridized carbons (Fsp3) is 0.304. The number of nitrogen functional groups attached to an aromatic ring is 1. The van der Waals surface area contributed by atoms with Gasteiger partial charge in [-0.05, 0) is 42.5 Å². The van der Waals surface area contributed by atoms with Gasteiger partial charge < -0.3 is 10.3 Å². The van der Waals surface area contributed by atoms with Crippen LogP contribution in [0.5, 0.6) is 0 Å². The average molecular weight is 404 g/mol. The minimum absolute atomic E-state index is 0.00904. The molecule has 0 aliphatic carbocycles. The number of hydrogen-bond donors (Lipinski definition) is 1. The number of nitrogens with zero attached hydrogens (tertiary/aromatic N) is 3. The Kier molecular flexibility index (Phi) is 5.35. The summed E-state index contributed by atoms with van der Waals surface area (Å²) < 4.78 is 5.10. The second-order valence-corrected chi connectivity index (χ2v) is 7.82. The molecular formula is C23H24N4O3. The lowest BCUT2D eigenvalue weighted by atomic mass is 9.78. The number of likely N-dealkylation sites (tertiary alicyclic amines) is 1. The third kappa shape index (κ3) is 3.70. The van der Waals surface area contributed by atoms with Crippen molar-refractivity contribution in [3.8, 4) is 0 Å². The van der Waals surface area contributed by atoms with E-state index < -0.39 is 6.04 Å². The van der Waals surface area contributed by atoms with Gasteiger partial charge in [-0.3, -0.25) is 14.5 Å². The molecule has 1 aliphatic heterocycles. The third-order valence-corrected chi connectivity index (χ3v) is 5.74. The van der Waals surface area contributed by atoms with Crippen LogP contribution in [0.25, 0.3) is 0 Å². The number of imide groups is 1. The number of pyridine rings is 1. The quantitative estimate of drug-likeness (QED) is 0.632. The minimum atomic E-state index is -0.395. The van der Waals surface area contributed by atoms with E-state index in [0.29, 0.717) is 17.9 Å². The van der Waals surface area contributed by atoms with Gasteiger partial charge in [-0.15, -0.1) is 0 Å². The Labute approximate surface area is 174 Å². The van der Waals surface area contributed by atoms with Crippen LogP contribution in [0.4, 0.5) is 5.82 Å². The van der Waals surface area contributed by atoms with Crippen molar-refractivity contribution >= 4 is 17.6 Å². The molecule has 1 fully saturated rings. The van der Waals surface area contributed by atoms with Crippen LogP contribution < -0.4 is 5.73 Å². The van der Waals surface area contributed by atoms with Crippen LogP contribution in [0.3, 0.4) is 0 Å². The highest BCUT2D eigenvalue weighted by Crippen LogP contribution is 2.44. The Hall–Kier alpha value is -3.48. The molecule has 3 atom stereocenters. The summed E-state index contributed by atoms with van der Waals surface area (Å²) in [6, 6.07) is 13.0. The van der Waals surface area contributed by atoms with Gasteiger partial charge in [0.25, 0.3) is 0 Å². The number of carbonyl (C=O) groups is 2. The Bertz CT molecular complexity index is 1060. The molecule has 0 spiro atoms. The molecule has 2 amide bonds. The predicted molar refractivity (Wildman–Crippen MR) is 111 cm³/mol. The smallest absolute Gasteiger partial charge is 0.235 e. The fourth-order valence-corrected chi connectivity index (χ4v) is 4.10. The van der Waals surface area contributed by atoms with Gasteiger partial charge in [0.15, 0.2) is 0 Å². The topological polar surface area (TPSA) is 102 Å². The normalized spacial score (nSPS) is 19.4. The van der Waals surface area contributed by atoms with E-state index in [0.717, 1.165) is 16.7 Å². The molecule has 7 nitrogen and oxygen atoms in total. The summed E-state index contributed by atoms with van der Waals surface area (Å²) in [6.45, 7) is 3.81. The Balaban J connectivity index is 1.57. The van der Waals surface area contributed by atoms with E-state index in [9.17, 15) is 9.59 Å². The fourth-order valence-electron chi connectivity index (χ4n) is 4.10. The van der Waals surface area contributed by atoms with Gasteiger partial charge in [-0.1, -0.05) is 42.4 Å². The zero-order valence-electron chi connectivity index (χ0n) is 17.0. The second-order valence-electron chi connectivity index (χ2n) is 7.82. The highest BCUT2D eigenvalue weighted by atomic mass is 16.5. The van der Waals surface area contributed by atoms with Crippen molar-refractivity contribution in [2.24, 2.45) is 5.92 Å². The van der Waals surface area contributed by atoms with E-state index in [1.807, 2.05) is 50.2 Å². The van der Waals surface area contributed by atoms with Gasteiger partial charge in [0, 0.05) is 18.2 Å². The Morgan fingerprint density at radius 3 is 2.70 bits per heavy atom. The maximum absolute atomic E-state index is 13.1. The summed E-state index contributed by atoms with van der Waals surface area (Å²) in [6.07, 6.45) is 3.88. The molecule has 0 unspecified atom stereocenters. The summed E-state index contributed by atoms with van der Waals surface area (Å²) in [5, 5.41) is 3.95. The molecule has 3 aromatic rings. The molecule has 0 bridgehead atoms. The number of aromatic nitrogens is 2. The van der Waals surface area contributed by atoms with Crippen LogP contribution in [0.2, 0.25) is 0 Å². The van der Waals surface area contributed by atoms with Crippen LogP contribution >= 0.6 is 0 Å². The SMILES string of the molecule is Cc1nocc1[C@@H]1[C@@H](Cc2ccnc(N)c2)C(=O)N1C(=O)C[C@H](C)c1ccccc1. The Morgan fingerprint density at radius 2 is 2.03 bits per heavy atom. The molecular weight excluding hydrogens is 380 g/mol. The van der Waals surface area contributed by atoms with E-state index in [1.54, 1.807) is 12.3 Å². The zero-order valence-corrected chi connectivity index (χ0v) is 17.0. The van der Waals surface area contributed by atoms with Gasteiger partial charge in [-0.2, -0.15) is 0 Å². The second kappa shape index (κ2) is 8.10. The standard InChI is InChI=1S/C23H24N4O3/c1-14(17-6-4-3-5-7-17)10-21(28)27-22(19-13-30-26-15(19)2)18(23(27)29)11-16-8-9-25-20(24)12-16/h3-9,12-14,18,22H,10-11H2,1-2H3,(H2,24,25)/t14-,18+,22-/m0/s1. The molecule has 0 radical (unpaired) electrons. The summed E-state index contributed by atoms with van der Waals surface area (Å²) >= 11 is 0. The van der Waals surface area contributed by atoms with Crippen LogP contribution in [-0.2, 0) is 16.0 Å². The molecule has 7 heteroatoms. The van der Waals surface area contributed by atoms with Crippen molar-refractivity contribution < 1.29 is 14.1 Å². The number of nitrogens with two attached hydrogens (primary N) is 1. The minimum Gasteiger partial charge on any atom is -0.384 e. The van der Waals surface area contributed by atoms with E-state index in [1.165, 1.54) is 11.2 Å². The van der Waals surface area contributed by atoms with E-state index in [4.69, 9.17) is 10.3 Å². The average Bonchev–Trinajstić information content (AvgIpc) is 3.15. The van der Waals surface area contributed by atoms with Crippen molar-refractivity contribution in [2.75, 3.05) is 5.73 Å². The number of amides is 2. The number of hydrogen-bond acceptors (Lipinski definition) is 6. The maximum atomic E-state index is 13.1. The highest BCUT2D eigenvalue weighted by molar-refractivity contribution is 6.02. The van der Waals surface area contributed by atoms with Crippen molar-refractivity contribution in [3.05, 3.63) is 77.3 Å². The van der Waals surface area contributed by atoms with Crippen molar-refractivity contribution in [3.63, 3.8) is 0 Å². The molecule has 3 heterocycles. The third-order valence-electron chi connectivity index (χ3n) is 5.74. The maximum Gasteiger partial charge on any atom is 0.235 e. The molecule has 1 saturated heterocycles. The molecule has 1 aromatic carbocycles. The number of β-lactam (4-membered cyclic amide) rings is 1. The summed E-state index contributed by atoms with van der Waals surface area (Å²) in [4.78, 5) is 31.5. The number of anilines is 1. The Morgan fingerprint density at radius 1 is 1.27 bits per heavy atom. The first-order valence-electron chi connectivity index (χ1n) is 9.98. The van der Waals surface area contributed by atoms with Crippen LogP contribution in [-0.4, -0.2) is 26.9 Å². The van der Waals surface area contributed by atoms with Crippen molar-refractivity contribution in [1.82, 2.24) is 15.0 Å². The van der Waals surface area contributed by atoms with Gasteiger partial charge >= 0.3 is 0 Å². The number of rotatable bonds is 6. The van der Waals surface area contributed by atoms with Crippen molar-refractivity contribution in [1.29, 1.82) is 0 Å². The molecule has 0 saturated carbocycles. The summed E-state index contributed by atoms with van der Waals surface area (Å²) in [7, 11) is 0. The molecule has 154 valence electrons. The molecule has 4 rings (SSSR count). The largest absolute Gasteiger partial charge is 0.384 e. The van der Waals surface area contributed by atoms with Crippen LogP contribution in [0, 0.1) is 12.8 Å². The van der Waals surface area contributed by atoms with Crippen molar-refractivity contribution in [2.45, 2.75) is 38.6 Å². The van der Waals surface area contributed by atoms with E-state index in [2.05, 4.69) is 10.1 Å². The number of carbonyl (C=O) groups excluding carboxylic acids is 2. The van der Waals surface area contributed by atoms with E-state index >= 15 is 0 Å². The first kappa shape index (κ1) is 19.8. The lowest BCUT2D eigenvalue weighted by Gasteiger charge is -2.46. The molecule has 1 aliphatic rings.